The second-order valence-corrected chi connectivity index (χ2v) is 6.85. The molecule has 5 nitrogen and oxygen atoms in total. The molecule has 6 heteroatoms. The van der Waals surface area contributed by atoms with Crippen LogP contribution in [0.15, 0.2) is 54.9 Å². The van der Waals surface area contributed by atoms with Crippen molar-refractivity contribution in [2.75, 3.05) is 11.9 Å². The van der Waals surface area contributed by atoms with Gasteiger partial charge in [0.1, 0.15) is 0 Å². The van der Waals surface area contributed by atoms with Gasteiger partial charge in [-0.1, -0.05) is 29.8 Å². The Hall–Kier alpha value is -2.63. The molecule has 1 aromatic heterocycles. The first-order valence-electron chi connectivity index (χ1n) is 8.58. The predicted octanol–water partition coefficient (Wildman–Crippen LogP) is 3.48. The summed E-state index contributed by atoms with van der Waals surface area (Å²) in [6.07, 6.45) is 4.33. The Bertz CT molecular complexity index is 933. The van der Waals surface area contributed by atoms with Crippen LogP contribution in [0.25, 0.3) is 0 Å². The SMILES string of the molecule is O=C(Nc1ccc2c(c1)CCNC2)c1cnn(Cc2ccc(Cl)cc2)c1. The third kappa shape index (κ3) is 3.79. The van der Waals surface area contributed by atoms with E-state index < -0.39 is 0 Å². The van der Waals surface area contributed by atoms with E-state index in [1.165, 1.54) is 11.1 Å². The molecule has 0 fully saturated rings. The normalized spacial score (nSPS) is 13.3. The molecule has 3 aromatic rings. The summed E-state index contributed by atoms with van der Waals surface area (Å²) in [6, 6.07) is 13.7. The number of rotatable bonds is 4. The van der Waals surface area contributed by atoms with E-state index in [1.54, 1.807) is 17.1 Å². The molecule has 1 aliphatic heterocycles. The van der Waals surface area contributed by atoms with Crippen LogP contribution in [0.4, 0.5) is 5.69 Å². The molecule has 2 N–H and O–H groups in total. The van der Waals surface area contributed by atoms with Gasteiger partial charge in [-0.15, -0.1) is 0 Å². The summed E-state index contributed by atoms with van der Waals surface area (Å²) in [5.41, 5.74) is 5.03. The van der Waals surface area contributed by atoms with Gasteiger partial charge in [-0.2, -0.15) is 5.10 Å². The van der Waals surface area contributed by atoms with Crippen LogP contribution in [0.1, 0.15) is 27.0 Å². The summed E-state index contributed by atoms with van der Waals surface area (Å²) >= 11 is 5.90. The zero-order valence-electron chi connectivity index (χ0n) is 14.2. The van der Waals surface area contributed by atoms with Crippen molar-refractivity contribution in [3.8, 4) is 0 Å². The van der Waals surface area contributed by atoms with Crippen molar-refractivity contribution < 1.29 is 4.79 Å². The number of amides is 1. The van der Waals surface area contributed by atoms with Gasteiger partial charge in [-0.05, 0) is 53.9 Å². The average molecular weight is 367 g/mol. The minimum atomic E-state index is -0.152. The third-order valence-corrected chi connectivity index (χ3v) is 4.76. The number of nitrogens with zero attached hydrogens (tertiary/aromatic N) is 2. The molecule has 4 rings (SSSR count). The molecule has 1 amide bonds. The molecular formula is C20H19ClN4O. The molecule has 0 spiro atoms. The number of aromatic nitrogens is 2. The van der Waals surface area contributed by atoms with Gasteiger partial charge in [0.25, 0.3) is 5.91 Å². The monoisotopic (exact) mass is 366 g/mol. The van der Waals surface area contributed by atoms with Gasteiger partial charge in [0, 0.05) is 23.5 Å². The molecule has 2 aromatic carbocycles. The molecule has 0 unspecified atom stereocenters. The van der Waals surface area contributed by atoms with Crippen LogP contribution in [0.3, 0.4) is 0 Å². The molecule has 0 saturated heterocycles. The second kappa shape index (κ2) is 7.32. The summed E-state index contributed by atoms with van der Waals surface area (Å²) < 4.78 is 1.75. The first kappa shape index (κ1) is 16.8. The van der Waals surface area contributed by atoms with Crippen LogP contribution in [-0.2, 0) is 19.5 Å². The topological polar surface area (TPSA) is 59.0 Å². The number of hydrogen-bond acceptors (Lipinski definition) is 3. The van der Waals surface area contributed by atoms with E-state index in [0.717, 1.165) is 30.8 Å². The lowest BCUT2D eigenvalue weighted by Crippen LogP contribution is -2.23. The Morgan fingerprint density at radius 3 is 2.88 bits per heavy atom. The summed E-state index contributed by atoms with van der Waals surface area (Å²) in [5.74, 6) is -0.152. The number of hydrogen-bond donors (Lipinski definition) is 2. The number of carbonyl (C=O) groups is 1. The fraction of sp³-hybridized carbons (Fsp3) is 0.200. The highest BCUT2D eigenvalue weighted by molar-refractivity contribution is 6.30. The van der Waals surface area contributed by atoms with E-state index in [0.29, 0.717) is 17.1 Å². The highest BCUT2D eigenvalue weighted by Gasteiger charge is 2.12. The molecule has 0 bridgehead atoms. The van der Waals surface area contributed by atoms with Crippen molar-refractivity contribution in [1.29, 1.82) is 0 Å². The highest BCUT2D eigenvalue weighted by Crippen LogP contribution is 2.19. The fourth-order valence-corrected chi connectivity index (χ4v) is 3.23. The van der Waals surface area contributed by atoms with E-state index in [4.69, 9.17) is 11.6 Å². The summed E-state index contributed by atoms with van der Waals surface area (Å²) in [4.78, 5) is 12.5. The van der Waals surface area contributed by atoms with E-state index in [-0.39, 0.29) is 5.91 Å². The third-order valence-electron chi connectivity index (χ3n) is 4.50. The van der Waals surface area contributed by atoms with Gasteiger partial charge < -0.3 is 10.6 Å². The van der Waals surface area contributed by atoms with Gasteiger partial charge in [0.15, 0.2) is 0 Å². The maximum atomic E-state index is 12.5. The molecule has 0 atom stereocenters. The number of fused-ring (bicyclic) bond motifs is 1. The number of anilines is 1. The molecular weight excluding hydrogens is 348 g/mol. The van der Waals surface area contributed by atoms with E-state index in [9.17, 15) is 4.79 Å². The van der Waals surface area contributed by atoms with Gasteiger partial charge in [0.05, 0.1) is 18.3 Å². The van der Waals surface area contributed by atoms with Crippen molar-refractivity contribution in [3.63, 3.8) is 0 Å². The van der Waals surface area contributed by atoms with Gasteiger partial charge in [0.2, 0.25) is 0 Å². The van der Waals surface area contributed by atoms with E-state index in [1.807, 2.05) is 30.3 Å². The van der Waals surface area contributed by atoms with Crippen LogP contribution in [0.2, 0.25) is 5.02 Å². The van der Waals surface area contributed by atoms with Crippen LogP contribution in [0, 0.1) is 0 Å². The molecule has 132 valence electrons. The fourth-order valence-electron chi connectivity index (χ4n) is 3.10. The van der Waals surface area contributed by atoms with Crippen molar-refractivity contribution in [1.82, 2.24) is 15.1 Å². The zero-order chi connectivity index (χ0) is 17.9. The van der Waals surface area contributed by atoms with Crippen molar-refractivity contribution in [2.45, 2.75) is 19.5 Å². The first-order valence-corrected chi connectivity index (χ1v) is 8.96. The summed E-state index contributed by atoms with van der Waals surface area (Å²) in [6.45, 7) is 2.46. The number of halogens is 1. The Labute approximate surface area is 157 Å². The highest BCUT2D eigenvalue weighted by atomic mass is 35.5. The number of nitrogens with one attached hydrogen (secondary N) is 2. The molecule has 1 aliphatic rings. The second-order valence-electron chi connectivity index (χ2n) is 6.42. The molecule has 2 heterocycles. The number of carbonyl (C=O) groups excluding carboxylic acids is 1. The lowest BCUT2D eigenvalue weighted by molar-refractivity contribution is 0.102. The molecule has 0 aliphatic carbocycles. The van der Waals surface area contributed by atoms with Crippen LogP contribution < -0.4 is 10.6 Å². The standard InChI is InChI=1S/C20H19ClN4O/c21-18-4-1-14(2-5-18)12-25-13-17(11-23-25)20(26)24-19-6-3-16-10-22-8-7-15(16)9-19/h1-6,9,11,13,22H,7-8,10,12H2,(H,24,26). The van der Waals surface area contributed by atoms with Gasteiger partial charge >= 0.3 is 0 Å². The maximum absolute atomic E-state index is 12.5. The minimum Gasteiger partial charge on any atom is -0.322 e. The zero-order valence-corrected chi connectivity index (χ0v) is 15.0. The Morgan fingerprint density at radius 2 is 2.04 bits per heavy atom. The van der Waals surface area contributed by atoms with Gasteiger partial charge in [-0.25, -0.2) is 0 Å². The minimum absolute atomic E-state index is 0.152. The van der Waals surface area contributed by atoms with Crippen molar-refractivity contribution in [3.05, 3.63) is 82.1 Å². The number of benzene rings is 2. The maximum Gasteiger partial charge on any atom is 0.258 e. The van der Waals surface area contributed by atoms with Crippen LogP contribution in [0.5, 0.6) is 0 Å². The van der Waals surface area contributed by atoms with E-state index >= 15 is 0 Å². The Morgan fingerprint density at radius 1 is 1.19 bits per heavy atom. The van der Waals surface area contributed by atoms with Gasteiger partial charge in [-0.3, -0.25) is 9.48 Å². The predicted molar refractivity (Wildman–Crippen MR) is 103 cm³/mol. The lowest BCUT2D eigenvalue weighted by atomic mass is 10.0. The largest absolute Gasteiger partial charge is 0.322 e. The summed E-state index contributed by atoms with van der Waals surface area (Å²) in [5, 5.41) is 11.3. The van der Waals surface area contributed by atoms with Crippen LogP contribution >= 0.6 is 11.6 Å². The smallest absolute Gasteiger partial charge is 0.258 e. The summed E-state index contributed by atoms with van der Waals surface area (Å²) in [7, 11) is 0. The van der Waals surface area contributed by atoms with Crippen LogP contribution in [-0.4, -0.2) is 22.2 Å². The molecule has 0 saturated carbocycles. The quantitative estimate of drug-likeness (QED) is 0.743. The first-order chi connectivity index (χ1) is 12.7. The molecule has 0 radical (unpaired) electrons. The lowest BCUT2D eigenvalue weighted by Gasteiger charge is -2.18. The Kier molecular flexibility index (Phi) is 4.73. The molecule has 26 heavy (non-hydrogen) atoms. The average Bonchev–Trinajstić information content (AvgIpc) is 3.12. The van der Waals surface area contributed by atoms with Crippen molar-refractivity contribution in [2.24, 2.45) is 0 Å². The van der Waals surface area contributed by atoms with Crippen molar-refractivity contribution >= 4 is 23.2 Å². The van der Waals surface area contributed by atoms with E-state index in [2.05, 4.69) is 27.9 Å². The Balaban J connectivity index is 1.44.